The van der Waals surface area contributed by atoms with Crippen LogP contribution in [-0.2, 0) is 18.3 Å². The van der Waals surface area contributed by atoms with Gasteiger partial charge in [-0.1, -0.05) is 6.07 Å². The Balaban J connectivity index is 1.35. The number of nitriles is 1. The first-order chi connectivity index (χ1) is 12.1. The zero-order chi connectivity index (χ0) is 17.3. The van der Waals surface area contributed by atoms with Crippen molar-refractivity contribution in [3.63, 3.8) is 0 Å². The van der Waals surface area contributed by atoms with Crippen molar-refractivity contribution in [2.24, 2.45) is 7.05 Å². The average Bonchev–Trinajstić information content (AvgIpc) is 3.31. The van der Waals surface area contributed by atoms with Crippen LogP contribution in [-0.4, -0.2) is 51.0 Å². The highest BCUT2D eigenvalue weighted by molar-refractivity contribution is 5.39. The third-order valence-corrected chi connectivity index (χ3v) is 4.98. The summed E-state index contributed by atoms with van der Waals surface area (Å²) in [4.78, 5) is 6.73. The van der Waals surface area contributed by atoms with E-state index in [-0.39, 0.29) is 11.6 Å². The van der Waals surface area contributed by atoms with E-state index in [1.807, 2.05) is 30.1 Å². The fraction of sp³-hybridized carbons (Fsp3) is 0.500. The molecule has 1 spiro atoms. The Morgan fingerprint density at radius 1 is 1.48 bits per heavy atom. The van der Waals surface area contributed by atoms with E-state index < -0.39 is 0 Å². The summed E-state index contributed by atoms with van der Waals surface area (Å²) in [5, 5.41) is 16.6. The van der Waals surface area contributed by atoms with Crippen LogP contribution in [0.4, 0.5) is 5.82 Å². The maximum Gasteiger partial charge on any atom is 0.142 e. The van der Waals surface area contributed by atoms with Crippen LogP contribution < -0.4 is 5.32 Å². The smallest absolute Gasteiger partial charge is 0.142 e. The number of nitrogens with one attached hydrogen (secondary N) is 1. The molecule has 7 heteroatoms. The number of nitrogens with zero attached hydrogens (tertiary/aromatic N) is 5. The van der Waals surface area contributed by atoms with Crippen molar-refractivity contribution in [3.05, 3.63) is 41.9 Å². The number of hydrogen-bond acceptors (Lipinski definition) is 6. The Hall–Kier alpha value is -2.43. The van der Waals surface area contributed by atoms with Gasteiger partial charge in [0.1, 0.15) is 17.6 Å². The molecule has 2 aromatic heterocycles. The van der Waals surface area contributed by atoms with E-state index in [1.165, 1.54) is 5.56 Å². The molecule has 4 heterocycles. The maximum absolute atomic E-state index is 8.97. The highest BCUT2D eigenvalue weighted by Gasteiger charge is 2.45. The lowest BCUT2D eigenvalue weighted by Gasteiger charge is -2.23. The third-order valence-electron chi connectivity index (χ3n) is 4.98. The van der Waals surface area contributed by atoms with Gasteiger partial charge in [0.15, 0.2) is 0 Å². The maximum atomic E-state index is 8.97. The Morgan fingerprint density at radius 2 is 2.40 bits per heavy atom. The lowest BCUT2D eigenvalue weighted by atomic mass is 9.97. The Labute approximate surface area is 147 Å². The molecule has 2 aliphatic heterocycles. The third kappa shape index (κ3) is 3.50. The van der Waals surface area contributed by atoms with Gasteiger partial charge in [-0.3, -0.25) is 9.58 Å². The second-order valence-corrected chi connectivity index (χ2v) is 7.04. The van der Waals surface area contributed by atoms with E-state index in [2.05, 4.69) is 32.6 Å². The summed E-state index contributed by atoms with van der Waals surface area (Å²) in [6.45, 7) is 3.59. The molecule has 0 saturated carbocycles. The fourth-order valence-corrected chi connectivity index (χ4v) is 3.88. The predicted molar refractivity (Wildman–Crippen MR) is 92.8 cm³/mol. The number of ether oxygens (including phenoxy) is 1. The molecule has 7 nitrogen and oxygen atoms in total. The minimum absolute atomic E-state index is 0.0628. The van der Waals surface area contributed by atoms with Crippen molar-refractivity contribution in [3.8, 4) is 6.07 Å². The van der Waals surface area contributed by atoms with Crippen molar-refractivity contribution in [2.45, 2.75) is 31.0 Å². The van der Waals surface area contributed by atoms with Crippen molar-refractivity contribution < 1.29 is 4.74 Å². The second-order valence-electron chi connectivity index (χ2n) is 7.04. The van der Waals surface area contributed by atoms with Gasteiger partial charge in [-0.15, -0.1) is 0 Å². The van der Waals surface area contributed by atoms with Crippen molar-refractivity contribution in [2.75, 3.05) is 25.0 Å². The Kier molecular flexibility index (Phi) is 4.15. The zero-order valence-electron chi connectivity index (χ0n) is 14.4. The van der Waals surface area contributed by atoms with Gasteiger partial charge in [-0.05, 0) is 18.6 Å². The molecule has 1 N–H and O–H groups in total. The summed E-state index contributed by atoms with van der Waals surface area (Å²) >= 11 is 0. The van der Waals surface area contributed by atoms with E-state index in [1.54, 1.807) is 6.07 Å². The van der Waals surface area contributed by atoms with Gasteiger partial charge in [0.05, 0.1) is 24.4 Å². The van der Waals surface area contributed by atoms with Gasteiger partial charge < -0.3 is 10.1 Å². The number of aryl methyl sites for hydroxylation is 1. The zero-order valence-corrected chi connectivity index (χ0v) is 14.4. The van der Waals surface area contributed by atoms with Crippen LogP contribution in [0.5, 0.6) is 0 Å². The molecule has 130 valence electrons. The number of rotatable bonds is 4. The number of likely N-dealkylation sites (tertiary alicyclic amines) is 1. The number of pyridine rings is 1. The van der Waals surface area contributed by atoms with E-state index in [0.717, 1.165) is 38.3 Å². The Morgan fingerprint density at radius 3 is 3.20 bits per heavy atom. The largest absolute Gasteiger partial charge is 0.371 e. The van der Waals surface area contributed by atoms with Crippen molar-refractivity contribution in [1.29, 1.82) is 5.26 Å². The lowest BCUT2D eigenvalue weighted by molar-refractivity contribution is 0.0120. The standard InChI is InChI=1S/C18H22N6O/c1-23-10-14(9-20-23)11-24-6-5-18(13-24)7-16(12-25-18)22-17-4-2-3-15(8-19)21-17/h2-4,9-10,16H,5-7,11-13H2,1H3,(H,21,22). The number of anilines is 1. The van der Waals surface area contributed by atoms with Crippen LogP contribution in [0.2, 0.25) is 0 Å². The highest BCUT2D eigenvalue weighted by atomic mass is 16.5. The summed E-state index contributed by atoms with van der Waals surface area (Å²) in [6.07, 6.45) is 6.02. The van der Waals surface area contributed by atoms with Crippen LogP contribution in [0.3, 0.4) is 0 Å². The normalized spacial score (nSPS) is 26.2. The van der Waals surface area contributed by atoms with Gasteiger partial charge in [0.2, 0.25) is 0 Å². The number of aromatic nitrogens is 3. The van der Waals surface area contributed by atoms with Gasteiger partial charge in [0.25, 0.3) is 0 Å². The van der Waals surface area contributed by atoms with Gasteiger partial charge in [-0.2, -0.15) is 10.4 Å². The van der Waals surface area contributed by atoms with Crippen LogP contribution in [0, 0.1) is 11.3 Å². The molecule has 0 bridgehead atoms. The van der Waals surface area contributed by atoms with Crippen LogP contribution in [0.25, 0.3) is 0 Å². The summed E-state index contributed by atoms with van der Waals surface area (Å²) < 4.78 is 8.04. The van der Waals surface area contributed by atoms with E-state index in [9.17, 15) is 0 Å². The van der Waals surface area contributed by atoms with Crippen LogP contribution in [0.1, 0.15) is 24.1 Å². The molecule has 0 radical (unpaired) electrons. The van der Waals surface area contributed by atoms with E-state index in [4.69, 9.17) is 10.00 Å². The molecule has 2 aliphatic rings. The molecule has 2 saturated heterocycles. The summed E-state index contributed by atoms with van der Waals surface area (Å²) in [7, 11) is 1.95. The first kappa shape index (κ1) is 16.1. The van der Waals surface area contributed by atoms with Crippen LogP contribution in [0.15, 0.2) is 30.6 Å². The second kappa shape index (κ2) is 6.47. The average molecular weight is 338 g/mol. The molecular formula is C18H22N6O. The molecule has 4 rings (SSSR count). The molecule has 25 heavy (non-hydrogen) atoms. The Bertz CT molecular complexity index is 797. The molecule has 0 aromatic carbocycles. The van der Waals surface area contributed by atoms with E-state index >= 15 is 0 Å². The first-order valence-electron chi connectivity index (χ1n) is 8.62. The lowest BCUT2D eigenvalue weighted by Crippen LogP contribution is -2.33. The summed E-state index contributed by atoms with van der Waals surface area (Å²) in [6, 6.07) is 7.77. The molecular weight excluding hydrogens is 316 g/mol. The van der Waals surface area contributed by atoms with E-state index in [0.29, 0.717) is 12.3 Å². The minimum Gasteiger partial charge on any atom is -0.371 e. The number of hydrogen-bond donors (Lipinski definition) is 1. The fourth-order valence-electron chi connectivity index (χ4n) is 3.88. The highest BCUT2D eigenvalue weighted by Crippen LogP contribution is 2.36. The molecule has 2 atom stereocenters. The molecule has 2 aromatic rings. The van der Waals surface area contributed by atoms with Gasteiger partial charge >= 0.3 is 0 Å². The summed E-state index contributed by atoms with van der Waals surface area (Å²) in [5.41, 5.74) is 1.61. The molecule has 0 amide bonds. The van der Waals surface area contributed by atoms with Crippen molar-refractivity contribution >= 4 is 5.82 Å². The van der Waals surface area contributed by atoms with Gasteiger partial charge in [-0.25, -0.2) is 4.98 Å². The first-order valence-corrected chi connectivity index (χ1v) is 8.62. The van der Waals surface area contributed by atoms with Crippen LogP contribution >= 0.6 is 0 Å². The molecule has 2 unspecified atom stereocenters. The van der Waals surface area contributed by atoms with Gasteiger partial charge in [0, 0.05) is 44.9 Å². The minimum atomic E-state index is -0.0628. The monoisotopic (exact) mass is 338 g/mol. The predicted octanol–water partition coefficient (Wildman–Crippen LogP) is 1.53. The quantitative estimate of drug-likeness (QED) is 0.911. The molecule has 2 fully saturated rings. The topological polar surface area (TPSA) is 79.0 Å². The summed E-state index contributed by atoms with van der Waals surface area (Å²) in [5.74, 6) is 0.745. The van der Waals surface area contributed by atoms with Crippen molar-refractivity contribution in [1.82, 2.24) is 19.7 Å². The SMILES string of the molecule is Cn1cc(CN2CCC3(CC(Nc4cccc(C#N)n4)CO3)C2)cn1. The molecule has 0 aliphatic carbocycles.